The van der Waals surface area contributed by atoms with E-state index in [-0.39, 0.29) is 6.54 Å². The highest BCUT2D eigenvalue weighted by atomic mass is 35.5. The first-order valence-electron chi connectivity index (χ1n) is 7.10. The topological polar surface area (TPSA) is 76.9 Å². The molecule has 23 heavy (non-hydrogen) atoms. The number of nitrogens with one attached hydrogen (secondary N) is 1. The molecule has 1 aromatic carbocycles. The summed E-state index contributed by atoms with van der Waals surface area (Å²) in [4.78, 5) is 4.48. The zero-order valence-corrected chi connectivity index (χ0v) is 15.2. The van der Waals surface area contributed by atoms with Gasteiger partial charge in [-0.1, -0.05) is 29.3 Å². The zero-order valence-electron chi connectivity index (χ0n) is 12.9. The van der Waals surface area contributed by atoms with Gasteiger partial charge in [-0.15, -0.1) is 0 Å². The smallest absolute Gasteiger partial charge is 0.208 e. The van der Waals surface area contributed by atoms with Crippen molar-refractivity contribution in [1.82, 2.24) is 19.5 Å². The predicted octanol–water partition coefficient (Wildman–Crippen LogP) is 2.29. The van der Waals surface area contributed by atoms with Crippen LogP contribution in [0.25, 0.3) is 0 Å². The lowest BCUT2D eigenvalue weighted by Gasteiger charge is -2.03. The number of benzene rings is 1. The Morgan fingerprint density at radius 2 is 1.91 bits per heavy atom. The van der Waals surface area contributed by atoms with Crippen molar-refractivity contribution in [2.45, 2.75) is 26.3 Å². The van der Waals surface area contributed by atoms with E-state index in [2.05, 4.69) is 14.8 Å². The normalized spacial score (nSPS) is 11.8. The number of hydrogen-bond donors (Lipinski definition) is 1. The molecule has 9 heteroatoms. The minimum Gasteiger partial charge on any atom is -0.250 e. The Labute approximate surface area is 145 Å². The lowest BCUT2D eigenvalue weighted by atomic mass is 10.1. The highest BCUT2D eigenvalue weighted by molar-refractivity contribution is 7.88. The van der Waals surface area contributed by atoms with Crippen molar-refractivity contribution in [2.24, 2.45) is 0 Å². The van der Waals surface area contributed by atoms with Crippen molar-refractivity contribution >= 4 is 33.2 Å². The molecule has 0 unspecified atom stereocenters. The third-order valence-electron chi connectivity index (χ3n) is 3.20. The van der Waals surface area contributed by atoms with Crippen LogP contribution in [-0.4, -0.2) is 36.0 Å². The molecule has 6 nitrogen and oxygen atoms in total. The maximum absolute atomic E-state index is 11.1. The van der Waals surface area contributed by atoms with Crippen LogP contribution in [0.3, 0.4) is 0 Å². The molecule has 1 aromatic heterocycles. The third kappa shape index (κ3) is 5.17. The Morgan fingerprint density at radius 3 is 2.48 bits per heavy atom. The standard InChI is InChI=1S/C14H18Cl2N4O2S/c1-3-20-14(7-8-17-23(2,21)22)18-13(19-20)9-10-11(15)5-4-6-12(10)16/h4-6,17H,3,7-9H2,1-2H3. The van der Waals surface area contributed by atoms with Crippen LogP contribution in [0.2, 0.25) is 10.0 Å². The Hall–Kier alpha value is -1.15. The molecule has 1 N–H and O–H groups in total. The summed E-state index contributed by atoms with van der Waals surface area (Å²) >= 11 is 12.3. The molecule has 0 bridgehead atoms. The summed E-state index contributed by atoms with van der Waals surface area (Å²) in [5.41, 5.74) is 0.782. The molecular formula is C14H18Cl2N4O2S. The predicted molar refractivity (Wildman–Crippen MR) is 91.5 cm³/mol. The average molecular weight is 377 g/mol. The minimum atomic E-state index is -3.21. The van der Waals surface area contributed by atoms with Crippen LogP contribution in [-0.2, 0) is 29.4 Å². The van der Waals surface area contributed by atoms with Crippen molar-refractivity contribution in [3.05, 3.63) is 45.5 Å². The van der Waals surface area contributed by atoms with Gasteiger partial charge in [0.05, 0.1) is 6.26 Å². The summed E-state index contributed by atoms with van der Waals surface area (Å²) in [6, 6.07) is 5.33. The van der Waals surface area contributed by atoms with Gasteiger partial charge >= 0.3 is 0 Å². The Balaban J connectivity index is 2.15. The summed E-state index contributed by atoms with van der Waals surface area (Å²) in [5, 5.41) is 5.58. The number of halogens is 2. The summed E-state index contributed by atoms with van der Waals surface area (Å²) in [6.07, 6.45) is 2.02. The van der Waals surface area contributed by atoms with E-state index in [0.29, 0.717) is 35.3 Å². The van der Waals surface area contributed by atoms with Gasteiger partial charge in [-0.05, 0) is 24.6 Å². The minimum absolute atomic E-state index is 0.282. The number of aryl methyl sites for hydroxylation is 1. The van der Waals surface area contributed by atoms with Crippen molar-refractivity contribution in [2.75, 3.05) is 12.8 Å². The van der Waals surface area contributed by atoms with Gasteiger partial charge in [0.2, 0.25) is 10.0 Å². The van der Waals surface area contributed by atoms with Crippen LogP contribution in [0.1, 0.15) is 24.1 Å². The number of sulfonamides is 1. The fourth-order valence-electron chi connectivity index (χ4n) is 2.15. The van der Waals surface area contributed by atoms with Gasteiger partial charge in [-0.3, -0.25) is 4.68 Å². The fourth-order valence-corrected chi connectivity index (χ4v) is 3.15. The Kier molecular flexibility index (Phi) is 6.02. The SMILES string of the molecule is CCn1nc(Cc2c(Cl)cccc2Cl)nc1CCNS(C)(=O)=O. The average Bonchev–Trinajstić information content (AvgIpc) is 2.84. The first-order valence-corrected chi connectivity index (χ1v) is 9.75. The Morgan fingerprint density at radius 1 is 1.26 bits per heavy atom. The molecule has 0 atom stereocenters. The molecule has 0 saturated carbocycles. The van der Waals surface area contributed by atoms with Crippen molar-refractivity contribution in [3.63, 3.8) is 0 Å². The first kappa shape index (κ1) is 18.2. The van der Waals surface area contributed by atoms with Crippen molar-refractivity contribution in [3.8, 4) is 0 Å². The lowest BCUT2D eigenvalue weighted by molar-refractivity contribution is 0.579. The van der Waals surface area contributed by atoms with Crippen LogP contribution in [0.15, 0.2) is 18.2 Å². The number of hydrogen-bond acceptors (Lipinski definition) is 4. The number of aromatic nitrogens is 3. The van der Waals surface area contributed by atoms with E-state index >= 15 is 0 Å². The van der Waals surface area contributed by atoms with Gasteiger partial charge in [0.1, 0.15) is 5.82 Å². The van der Waals surface area contributed by atoms with Crippen LogP contribution in [0.4, 0.5) is 0 Å². The Bertz CT molecular complexity index is 770. The first-order chi connectivity index (χ1) is 10.8. The quantitative estimate of drug-likeness (QED) is 0.803. The molecule has 0 saturated heterocycles. The number of rotatable bonds is 7. The molecule has 0 aliphatic carbocycles. The molecule has 0 amide bonds. The fraction of sp³-hybridized carbons (Fsp3) is 0.429. The molecule has 1 heterocycles. The summed E-state index contributed by atoms with van der Waals surface area (Å²) in [5.74, 6) is 1.33. The van der Waals surface area contributed by atoms with E-state index in [9.17, 15) is 8.42 Å². The summed E-state index contributed by atoms with van der Waals surface area (Å²) in [6.45, 7) is 2.88. The van der Waals surface area contributed by atoms with Gasteiger partial charge in [0.25, 0.3) is 0 Å². The highest BCUT2D eigenvalue weighted by Crippen LogP contribution is 2.26. The van der Waals surface area contributed by atoms with Gasteiger partial charge in [-0.2, -0.15) is 5.10 Å². The largest absolute Gasteiger partial charge is 0.250 e. The maximum atomic E-state index is 11.1. The van der Waals surface area contributed by atoms with E-state index < -0.39 is 10.0 Å². The second-order valence-corrected chi connectivity index (χ2v) is 7.70. The van der Waals surface area contributed by atoms with Gasteiger partial charge < -0.3 is 0 Å². The second-order valence-electron chi connectivity index (χ2n) is 5.05. The molecule has 0 aliphatic rings. The summed E-state index contributed by atoms with van der Waals surface area (Å²) in [7, 11) is -3.21. The maximum Gasteiger partial charge on any atom is 0.208 e. The van der Waals surface area contributed by atoms with Crippen molar-refractivity contribution < 1.29 is 8.42 Å². The van der Waals surface area contributed by atoms with Gasteiger partial charge in [0, 0.05) is 36.0 Å². The van der Waals surface area contributed by atoms with E-state index in [1.807, 2.05) is 6.92 Å². The van der Waals surface area contributed by atoms with Crippen molar-refractivity contribution in [1.29, 1.82) is 0 Å². The van der Waals surface area contributed by atoms with E-state index in [4.69, 9.17) is 23.2 Å². The molecule has 2 rings (SSSR count). The molecule has 0 radical (unpaired) electrons. The van der Waals surface area contributed by atoms with E-state index in [0.717, 1.165) is 17.6 Å². The molecular weight excluding hydrogens is 359 g/mol. The molecule has 126 valence electrons. The molecule has 2 aromatic rings. The summed E-state index contributed by atoms with van der Waals surface area (Å²) < 4.78 is 26.4. The van der Waals surface area contributed by atoms with Crippen LogP contribution < -0.4 is 4.72 Å². The molecule has 0 fully saturated rings. The van der Waals surface area contributed by atoms with E-state index in [1.54, 1.807) is 22.9 Å². The molecule has 0 spiro atoms. The van der Waals surface area contributed by atoms with Gasteiger partial charge in [-0.25, -0.2) is 18.1 Å². The number of nitrogens with zero attached hydrogens (tertiary/aromatic N) is 3. The van der Waals surface area contributed by atoms with Crippen LogP contribution in [0, 0.1) is 0 Å². The van der Waals surface area contributed by atoms with E-state index in [1.165, 1.54) is 0 Å². The lowest BCUT2D eigenvalue weighted by Crippen LogP contribution is -2.25. The molecule has 0 aliphatic heterocycles. The van der Waals surface area contributed by atoms with Crippen LogP contribution >= 0.6 is 23.2 Å². The monoisotopic (exact) mass is 376 g/mol. The highest BCUT2D eigenvalue weighted by Gasteiger charge is 2.13. The third-order valence-corrected chi connectivity index (χ3v) is 4.64. The zero-order chi connectivity index (χ0) is 17.0. The second kappa shape index (κ2) is 7.61. The van der Waals surface area contributed by atoms with Gasteiger partial charge in [0.15, 0.2) is 5.82 Å². The van der Waals surface area contributed by atoms with Crippen LogP contribution in [0.5, 0.6) is 0 Å².